The predicted octanol–water partition coefficient (Wildman–Crippen LogP) is 3.95. The fraction of sp³-hybridized carbons (Fsp3) is 0.200. The molecule has 4 N–H and O–H groups in total. The van der Waals surface area contributed by atoms with Crippen molar-refractivity contribution < 1.29 is 14.3 Å². The number of benzene rings is 1. The van der Waals surface area contributed by atoms with Crippen LogP contribution in [0.3, 0.4) is 0 Å². The Morgan fingerprint density at radius 2 is 2.06 bits per heavy atom. The third-order valence-electron chi connectivity index (χ3n) is 5.62. The van der Waals surface area contributed by atoms with E-state index in [1.165, 1.54) is 22.7 Å². The minimum Gasteiger partial charge on any atom is -0.383 e. The van der Waals surface area contributed by atoms with E-state index in [2.05, 4.69) is 15.6 Å². The van der Waals surface area contributed by atoms with Gasteiger partial charge < -0.3 is 21.1 Å². The lowest BCUT2D eigenvalue weighted by Gasteiger charge is -2.13. The van der Waals surface area contributed by atoms with Crippen LogP contribution in [0.1, 0.15) is 33.3 Å². The van der Waals surface area contributed by atoms with Crippen LogP contribution in [0, 0.1) is 0 Å². The van der Waals surface area contributed by atoms with Gasteiger partial charge in [0.05, 0.1) is 22.4 Å². The zero-order valence-corrected chi connectivity index (χ0v) is 21.3. The Labute approximate surface area is 214 Å². The van der Waals surface area contributed by atoms with E-state index in [1.807, 2.05) is 41.9 Å². The Hall–Kier alpha value is -3.80. The molecular weight excluding hydrogens is 496 g/mol. The number of thiazole rings is 1. The molecule has 0 spiro atoms. The number of imidazole rings is 1. The largest absolute Gasteiger partial charge is 0.383 e. The quantitative estimate of drug-likeness (QED) is 0.285. The maximum atomic E-state index is 13.3. The molecule has 0 radical (unpaired) electrons. The number of pyridine rings is 1. The molecule has 0 aliphatic carbocycles. The van der Waals surface area contributed by atoms with Gasteiger partial charge in [0.15, 0.2) is 10.8 Å². The first-order valence-electron chi connectivity index (χ1n) is 11.2. The lowest BCUT2D eigenvalue weighted by Crippen LogP contribution is -2.36. The fourth-order valence-electron chi connectivity index (χ4n) is 4.02. The van der Waals surface area contributed by atoms with Crippen LogP contribution < -0.4 is 16.4 Å². The number of hydrogen-bond acceptors (Lipinski definition) is 8. The number of fused-ring (bicyclic) bond motifs is 2. The summed E-state index contributed by atoms with van der Waals surface area (Å²) in [5.74, 6) is -0.575. The second-order valence-electron chi connectivity index (χ2n) is 8.30. The minimum atomic E-state index is -0.289. The van der Waals surface area contributed by atoms with E-state index >= 15 is 0 Å². The van der Waals surface area contributed by atoms with Crippen molar-refractivity contribution in [1.82, 2.24) is 25.0 Å². The first-order valence-corrected chi connectivity index (χ1v) is 13.0. The van der Waals surface area contributed by atoms with Gasteiger partial charge >= 0.3 is 0 Å². The number of nitrogens with one attached hydrogen (secondary N) is 2. The van der Waals surface area contributed by atoms with Crippen LogP contribution in [0.5, 0.6) is 0 Å². The summed E-state index contributed by atoms with van der Waals surface area (Å²) in [5.41, 5.74) is 10.1. The molecule has 9 nitrogen and oxygen atoms in total. The Morgan fingerprint density at radius 1 is 1.19 bits per heavy atom. The van der Waals surface area contributed by atoms with Crippen LogP contribution in [-0.4, -0.2) is 45.9 Å². The Bertz CT molecular complexity index is 1560. The second kappa shape index (κ2) is 10.1. The van der Waals surface area contributed by atoms with Crippen molar-refractivity contribution in [2.45, 2.75) is 19.5 Å². The molecule has 2 amide bonds. The van der Waals surface area contributed by atoms with E-state index in [-0.39, 0.29) is 17.9 Å². The molecule has 36 heavy (non-hydrogen) atoms. The van der Waals surface area contributed by atoms with Crippen molar-refractivity contribution in [3.05, 3.63) is 70.2 Å². The summed E-state index contributed by atoms with van der Waals surface area (Å²) in [6.45, 7) is 2.57. The topological polar surface area (TPSA) is 124 Å². The summed E-state index contributed by atoms with van der Waals surface area (Å²) in [5, 5.41) is 10.3. The molecule has 4 heterocycles. The van der Waals surface area contributed by atoms with Gasteiger partial charge in [-0.1, -0.05) is 17.4 Å². The molecule has 5 aromatic rings. The average Bonchev–Trinajstić information content (AvgIpc) is 3.59. The number of nitrogen functional groups attached to an aromatic ring is 1. The third kappa shape index (κ3) is 4.68. The van der Waals surface area contributed by atoms with Gasteiger partial charge in [-0.2, -0.15) is 11.3 Å². The Morgan fingerprint density at radius 3 is 2.83 bits per heavy atom. The molecule has 0 aliphatic heterocycles. The van der Waals surface area contributed by atoms with E-state index in [9.17, 15) is 9.59 Å². The van der Waals surface area contributed by atoms with Crippen LogP contribution in [0.25, 0.3) is 27.1 Å². The minimum absolute atomic E-state index is 0.193. The number of rotatable bonds is 8. The van der Waals surface area contributed by atoms with Crippen molar-refractivity contribution in [1.29, 1.82) is 0 Å². The van der Waals surface area contributed by atoms with Gasteiger partial charge in [0.1, 0.15) is 11.4 Å². The number of amides is 2. The number of carbonyl (C=O) groups excluding carboxylic acids is 2. The highest BCUT2D eigenvalue weighted by atomic mass is 32.1. The highest BCUT2D eigenvalue weighted by Crippen LogP contribution is 2.28. The second-order valence-corrected chi connectivity index (χ2v) is 10.1. The maximum absolute atomic E-state index is 13.3. The molecule has 0 unspecified atom stereocenters. The zero-order chi connectivity index (χ0) is 25.2. The summed E-state index contributed by atoms with van der Waals surface area (Å²) < 4.78 is 7.79. The number of anilines is 1. The molecule has 0 aliphatic rings. The summed E-state index contributed by atoms with van der Waals surface area (Å²) in [4.78, 5) is 35.5. The Kier molecular flexibility index (Phi) is 6.68. The van der Waals surface area contributed by atoms with Gasteiger partial charge in [-0.05, 0) is 48.2 Å². The maximum Gasteiger partial charge on any atom is 0.270 e. The van der Waals surface area contributed by atoms with Gasteiger partial charge in [-0.25, -0.2) is 9.97 Å². The molecule has 1 aromatic carbocycles. The van der Waals surface area contributed by atoms with Crippen molar-refractivity contribution in [2.75, 3.05) is 19.5 Å². The molecule has 184 valence electrons. The highest BCUT2D eigenvalue weighted by Gasteiger charge is 2.24. The highest BCUT2D eigenvalue weighted by molar-refractivity contribution is 7.22. The zero-order valence-electron chi connectivity index (χ0n) is 19.6. The van der Waals surface area contributed by atoms with Crippen molar-refractivity contribution in [3.63, 3.8) is 0 Å². The molecular formula is C25H24N6O3S2. The average molecular weight is 521 g/mol. The molecule has 5 rings (SSSR count). The van der Waals surface area contributed by atoms with Gasteiger partial charge in [-0.15, -0.1) is 0 Å². The lowest BCUT2D eigenvalue weighted by molar-refractivity contribution is 0.0898. The summed E-state index contributed by atoms with van der Waals surface area (Å²) in [6, 6.07) is 10.9. The molecule has 0 saturated carbocycles. The van der Waals surface area contributed by atoms with Crippen LogP contribution in [-0.2, 0) is 11.3 Å². The molecule has 1 atom stereocenters. The van der Waals surface area contributed by atoms with Crippen LogP contribution >= 0.6 is 22.7 Å². The smallest absolute Gasteiger partial charge is 0.270 e. The number of aromatic nitrogens is 3. The molecule has 0 saturated heterocycles. The van der Waals surface area contributed by atoms with Crippen molar-refractivity contribution in [3.8, 4) is 11.3 Å². The van der Waals surface area contributed by atoms with E-state index in [1.54, 1.807) is 29.8 Å². The van der Waals surface area contributed by atoms with Gasteiger partial charge in [0.25, 0.3) is 11.8 Å². The summed E-state index contributed by atoms with van der Waals surface area (Å²) in [7, 11) is 1.59. The van der Waals surface area contributed by atoms with Gasteiger partial charge in [-0.3, -0.25) is 14.0 Å². The van der Waals surface area contributed by atoms with Crippen LogP contribution in [0.15, 0.2) is 53.4 Å². The van der Waals surface area contributed by atoms with Gasteiger partial charge in [0.2, 0.25) is 0 Å². The molecule has 0 bridgehead atoms. The first-order chi connectivity index (χ1) is 17.4. The fourth-order valence-corrected chi connectivity index (χ4v) is 5.46. The van der Waals surface area contributed by atoms with Gasteiger partial charge in [0, 0.05) is 36.8 Å². The SMILES string of the molecule is COC[C@H](C)NC(=O)c1c(-c2ccsc2)nc2c(C(=O)NCc3ccc4nc(N)sc4c3)cccn12. The monoisotopic (exact) mass is 520 g/mol. The predicted molar refractivity (Wildman–Crippen MR) is 143 cm³/mol. The molecule has 11 heteroatoms. The molecule has 4 aromatic heterocycles. The number of thiophene rings is 1. The van der Waals surface area contributed by atoms with E-state index in [0.29, 0.717) is 40.9 Å². The van der Waals surface area contributed by atoms with Crippen molar-refractivity contribution >= 4 is 55.5 Å². The van der Waals surface area contributed by atoms with Crippen LogP contribution in [0.2, 0.25) is 0 Å². The number of ether oxygens (including phenoxy) is 1. The normalized spacial score (nSPS) is 12.2. The van der Waals surface area contributed by atoms with E-state index in [0.717, 1.165) is 21.3 Å². The van der Waals surface area contributed by atoms with Crippen molar-refractivity contribution in [2.24, 2.45) is 0 Å². The van der Waals surface area contributed by atoms with Crippen LogP contribution in [0.4, 0.5) is 5.13 Å². The lowest BCUT2D eigenvalue weighted by atomic mass is 10.2. The number of methoxy groups -OCH3 is 1. The summed E-state index contributed by atoms with van der Waals surface area (Å²) in [6.07, 6.45) is 1.74. The summed E-state index contributed by atoms with van der Waals surface area (Å²) >= 11 is 2.92. The standard InChI is InChI=1S/C25H24N6O3S2/c1-14(12-34-2)28-24(33)21-20(16-7-9-35-13-16)30-22-17(4-3-8-31(21)22)23(32)27-11-15-5-6-18-19(10-15)36-25(26)29-18/h3-10,13-14H,11-12H2,1-2H3,(H2,26,29)(H,27,32)(H,28,33)/t14-/m0/s1. The number of carbonyl (C=O) groups is 2. The number of nitrogens with two attached hydrogens (primary N) is 1. The Balaban J connectivity index is 1.47. The van der Waals surface area contributed by atoms with E-state index in [4.69, 9.17) is 15.5 Å². The third-order valence-corrected chi connectivity index (χ3v) is 7.15. The first kappa shape index (κ1) is 23.9. The van der Waals surface area contributed by atoms with E-state index < -0.39 is 0 Å². The number of nitrogens with zero attached hydrogens (tertiary/aromatic N) is 3. The molecule has 0 fully saturated rings. The number of hydrogen-bond donors (Lipinski definition) is 3.